The minimum absolute atomic E-state index is 0. The molecule has 2 rings (SSSR count). The topological polar surface area (TPSA) is 114 Å². The zero-order valence-electron chi connectivity index (χ0n) is 18.1. The number of amides is 2. The third-order valence-corrected chi connectivity index (χ3v) is 5.46. The number of halogens is 1. The van der Waals surface area contributed by atoms with E-state index in [4.69, 9.17) is 10.3 Å². The van der Waals surface area contributed by atoms with Crippen LogP contribution in [0.2, 0.25) is 0 Å². The van der Waals surface area contributed by atoms with Gasteiger partial charge in [0.1, 0.15) is 5.54 Å². The third-order valence-electron chi connectivity index (χ3n) is 5.46. The summed E-state index contributed by atoms with van der Waals surface area (Å²) in [6.07, 6.45) is 6.62. The summed E-state index contributed by atoms with van der Waals surface area (Å²) in [5.74, 6) is 0.897. The summed E-state index contributed by atoms with van der Waals surface area (Å²) >= 11 is 0. The van der Waals surface area contributed by atoms with E-state index in [1.165, 1.54) is 6.92 Å². The minimum Gasteiger partial charge on any atom is -0.345 e. The van der Waals surface area contributed by atoms with Crippen LogP contribution in [-0.2, 0) is 21.5 Å². The Kier molecular flexibility index (Phi) is 9.55. The summed E-state index contributed by atoms with van der Waals surface area (Å²) in [7, 11) is 1.79. The monoisotopic (exact) mass is 429 g/mol. The van der Waals surface area contributed by atoms with Gasteiger partial charge in [-0.25, -0.2) is 0 Å². The summed E-state index contributed by atoms with van der Waals surface area (Å²) in [4.78, 5) is 30.4. The van der Waals surface area contributed by atoms with Crippen LogP contribution in [0, 0.1) is 5.41 Å². The zero-order chi connectivity index (χ0) is 20.8. The molecule has 0 bridgehead atoms. The molecule has 8 nitrogen and oxygen atoms in total. The molecule has 1 heterocycles. The normalized spacial score (nSPS) is 16.4. The summed E-state index contributed by atoms with van der Waals surface area (Å²) in [6, 6.07) is 0. The van der Waals surface area contributed by atoms with Gasteiger partial charge in [0, 0.05) is 33.4 Å². The van der Waals surface area contributed by atoms with Gasteiger partial charge >= 0.3 is 0 Å². The van der Waals surface area contributed by atoms with Crippen LogP contribution in [0.25, 0.3) is 0 Å². The van der Waals surface area contributed by atoms with Crippen LogP contribution in [0.4, 0.5) is 0 Å². The van der Waals surface area contributed by atoms with Gasteiger partial charge in [0.25, 0.3) is 0 Å². The summed E-state index contributed by atoms with van der Waals surface area (Å²) in [5.41, 5.74) is 5.07. The molecule has 0 aromatic carbocycles. The number of nitrogens with two attached hydrogens (primary N) is 1. The second-order valence-electron chi connectivity index (χ2n) is 8.81. The van der Waals surface area contributed by atoms with E-state index in [0.29, 0.717) is 37.6 Å². The molecule has 1 aromatic heterocycles. The van der Waals surface area contributed by atoms with Crippen molar-refractivity contribution in [1.82, 2.24) is 20.4 Å². The number of hydrogen-bond donors (Lipinski definition) is 2. The van der Waals surface area contributed by atoms with Gasteiger partial charge in [-0.1, -0.05) is 44.7 Å². The first-order valence-electron chi connectivity index (χ1n) is 10.2. The average Bonchev–Trinajstić information content (AvgIpc) is 2.99. The Bertz CT molecular complexity index is 669. The van der Waals surface area contributed by atoms with Gasteiger partial charge < -0.3 is 20.5 Å². The van der Waals surface area contributed by atoms with Crippen molar-refractivity contribution < 1.29 is 14.1 Å². The minimum atomic E-state index is -0.559. The van der Waals surface area contributed by atoms with E-state index in [0.717, 1.165) is 38.5 Å². The van der Waals surface area contributed by atoms with Crippen LogP contribution < -0.4 is 11.1 Å². The Labute approximate surface area is 179 Å². The Morgan fingerprint density at radius 2 is 1.86 bits per heavy atom. The van der Waals surface area contributed by atoms with Crippen molar-refractivity contribution in [3.63, 3.8) is 0 Å². The first-order chi connectivity index (χ1) is 13.2. The number of carbonyl (C=O) groups excluding carboxylic acids is 2. The highest BCUT2D eigenvalue weighted by Crippen LogP contribution is 2.34. The van der Waals surface area contributed by atoms with Gasteiger partial charge in [-0.2, -0.15) is 4.98 Å². The molecule has 0 saturated heterocycles. The maximum atomic E-state index is 12.4. The van der Waals surface area contributed by atoms with Crippen molar-refractivity contribution in [1.29, 1.82) is 0 Å². The predicted octanol–water partition coefficient (Wildman–Crippen LogP) is 2.55. The molecule has 0 radical (unpaired) electrons. The summed E-state index contributed by atoms with van der Waals surface area (Å²) < 4.78 is 5.41. The Balaban J connectivity index is 0.00000420. The summed E-state index contributed by atoms with van der Waals surface area (Å²) in [6.45, 7) is 6.71. The molecule has 1 saturated carbocycles. The van der Waals surface area contributed by atoms with Crippen molar-refractivity contribution in [3.05, 3.63) is 11.7 Å². The van der Waals surface area contributed by atoms with Crippen LogP contribution in [0.3, 0.4) is 0 Å². The first kappa shape index (κ1) is 25.4. The molecule has 0 unspecified atom stereocenters. The molecule has 9 heteroatoms. The number of nitrogens with one attached hydrogen (secondary N) is 1. The molecule has 1 aromatic rings. The SMILES string of the molecule is CC(=O)NC1(c2noc(CCC(=O)N(C)CC(C)(C)CN)n2)CCCCCC1.Cl. The van der Waals surface area contributed by atoms with Crippen molar-refractivity contribution in [2.24, 2.45) is 11.1 Å². The van der Waals surface area contributed by atoms with Crippen LogP contribution in [0.15, 0.2) is 4.52 Å². The Hall–Kier alpha value is -1.67. The third kappa shape index (κ3) is 7.26. The largest absolute Gasteiger partial charge is 0.345 e. The summed E-state index contributed by atoms with van der Waals surface area (Å²) in [5, 5.41) is 7.23. The number of carbonyl (C=O) groups is 2. The lowest BCUT2D eigenvalue weighted by atomic mass is 9.89. The molecule has 1 fully saturated rings. The van der Waals surface area contributed by atoms with Gasteiger partial charge in [0.15, 0.2) is 5.82 Å². The number of hydrogen-bond acceptors (Lipinski definition) is 6. The van der Waals surface area contributed by atoms with Crippen LogP contribution in [0.5, 0.6) is 0 Å². The van der Waals surface area contributed by atoms with Gasteiger partial charge in [0.2, 0.25) is 17.7 Å². The second-order valence-corrected chi connectivity index (χ2v) is 8.81. The van der Waals surface area contributed by atoms with Crippen molar-refractivity contribution >= 4 is 24.2 Å². The van der Waals surface area contributed by atoms with Gasteiger partial charge in [-0.15, -0.1) is 12.4 Å². The predicted molar refractivity (Wildman–Crippen MR) is 114 cm³/mol. The molecule has 2 amide bonds. The molecule has 29 heavy (non-hydrogen) atoms. The number of nitrogens with zero attached hydrogens (tertiary/aromatic N) is 3. The Morgan fingerprint density at radius 3 is 2.41 bits per heavy atom. The fourth-order valence-corrected chi connectivity index (χ4v) is 3.82. The lowest BCUT2D eigenvalue weighted by molar-refractivity contribution is -0.131. The van der Waals surface area contributed by atoms with Crippen molar-refractivity contribution in [3.8, 4) is 0 Å². The molecule has 0 aliphatic heterocycles. The van der Waals surface area contributed by atoms with Gasteiger partial charge in [-0.3, -0.25) is 9.59 Å². The maximum absolute atomic E-state index is 12.4. The molecule has 3 N–H and O–H groups in total. The standard InChI is InChI=1S/C20H35N5O3.ClH/c1-15(26)23-20(11-7-5-6-8-12-20)18-22-16(28-24-18)9-10-17(27)25(4)14-19(2,3)13-21;/h5-14,21H2,1-4H3,(H,23,26);1H. The zero-order valence-corrected chi connectivity index (χ0v) is 18.9. The highest BCUT2D eigenvalue weighted by Gasteiger charge is 2.38. The fraction of sp³-hybridized carbons (Fsp3) is 0.800. The molecule has 166 valence electrons. The van der Waals surface area contributed by atoms with E-state index >= 15 is 0 Å². The first-order valence-corrected chi connectivity index (χ1v) is 10.2. The Morgan fingerprint density at radius 1 is 1.24 bits per heavy atom. The van der Waals surface area contributed by atoms with Gasteiger partial charge in [0.05, 0.1) is 0 Å². The van der Waals surface area contributed by atoms with Crippen LogP contribution >= 0.6 is 12.4 Å². The van der Waals surface area contributed by atoms with E-state index in [1.807, 2.05) is 13.8 Å². The van der Waals surface area contributed by atoms with E-state index in [1.54, 1.807) is 11.9 Å². The number of aryl methyl sites for hydroxylation is 1. The molecule has 0 atom stereocenters. The number of aromatic nitrogens is 2. The van der Waals surface area contributed by atoms with Crippen LogP contribution in [0.1, 0.15) is 77.4 Å². The maximum Gasteiger partial charge on any atom is 0.227 e. The lowest BCUT2D eigenvalue weighted by Gasteiger charge is -2.30. The molecule has 0 spiro atoms. The molecule has 1 aliphatic carbocycles. The van der Waals surface area contributed by atoms with E-state index in [2.05, 4.69) is 15.5 Å². The highest BCUT2D eigenvalue weighted by molar-refractivity contribution is 5.85. The lowest BCUT2D eigenvalue weighted by Crippen LogP contribution is -2.45. The smallest absolute Gasteiger partial charge is 0.227 e. The van der Waals surface area contributed by atoms with E-state index in [-0.39, 0.29) is 29.6 Å². The van der Waals surface area contributed by atoms with E-state index in [9.17, 15) is 9.59 Å². The van der Waals surface area contributed by atoms with Gasteiger partial charge in [-0.05, 0) is 24.8 Å². The average molecular weight is 430 g/mol. The highest BCUT2D eigenvalue weighted by atomic mass is 35.5. The molecular formula is C20H36ClN5O3. The van der Waals surface area contributed by atoms with E-state index < -0.39 is 5.54 Å². The van der Waals surface area contributed by atoms with Crippen molar-refractivity contribution in [2.75, 3.05) is 20.1 Å². The van der Waals surface area contributed by atoms with Crippen molar-refractivity contribution in [2.45, 2.75) is 77.7 Å². The quantitative estimate of drug-likeness (QED) is 0.613. The number of rotatable bonds is 8. The fourth-order valence-electron chi connectivity index (χ4n) is 3.82. The molecule has 1 aliphatic rings. The second kappa shape index (κ2) is 10.9. The van der Waals surface area contributed by atoms with Crippen LogP contribution in [-0.4, -0.2) is 47.0 Å². The molecular weight excluding hydrogens is 394 g/mol.